The monoisotopic (exact) mass is 312 g/mol. The Kier molecular flexibility index (Phi) is 6.36. The van der Waals surface area contributed by atoms with Gasteiger partial charge in [0.15, 0.2) is 0 Å². The van der Waals surface area contributed by atoms with Crippen LogP contribution in [-0.2, 0) is 4.79 Å². The molecule has 0 saturated heterocycles. The largest absolute Gasteiger partial charge is 0.478 e. The van der Waals surface area contributed by atoms with Crippen molar-refractivity contribution in [1.82, 2.24) is 0 Å². The van der Waals surface area contributed by atoms with Gasteiger partial charge in [0.25, 0.3) is 0 Å². The smallest absolute Gasteiger partial charge is 0.330 e. The van der Waals surface area contributed by atoms with Gasteiger partial charge >= 0.3 is 5.97 Å². The van der Waals surface area contributed by atoms with Gasteiger partial charge in [-0.2, -0.15) is 0 Å². The van der Waals surface area contributed by atoms with Crippen LogP contribution in [0.1, 0.15) is 19.8 Å². The van der Waals surface area contributed by atoms with Gasteiger partial charge in [0, 0.05) is 5.57 Å². The molecule has 114 valence electrons. The number of unbranched alkanes of at least 4 members (excludes halogenated alkanes) is 1. The van der Waals surface area contributed by atoms with E-state index in [1.165, 1.54) is 10.6 Å². The first-order valence-electron chi connectivity index (χ1n) is 7.46. The molecule has 0 bridgehead atoms. The van der Waals surface area contributed by atoms with E-state index in [2.05, 4.69) is 48.5 Å². The third kappa shape index (κ3) is 4.82. The summed E-state index contributed by atoms with van der Waals surface area (Å²) in [4.78, 5) is 10.8. The minimum absolute atomic E-state index is 0.374. The van der Waals surface area contributed by atoms with Gasteiger partial charge in [-0.25, -0.2) is 4.79 Å². The van der Waals surface area contributed by atoms with E-state index < -0.39 is 5.97 Å². The maximum Gasteiger partial charge on any atom is 0.330 e. The molecule has 0 saturated carbocycles. The van der Waals surface area contributed by atoms with E-state index in [9.17, 15) is 4.79 Å². The Bertz CT molecular complexity index is 581. The maximum atomic E-state index is 10.8. The quantitative estimate of drug-likeness (QED) is 0.478. The lowest BCUT2D eigenvalue weighted by Gasteiger charge is -2.18. The fraction of sp³-hybridized carbons (Fsp3) is 0.211. The molecular formula is C19H21O2P. The summed E-state index contributed by atoms with van der Waals surface area (Å²) in [7, 11) is -0.374. The summed E-state index contributed by atoms with van der Waals surface area (Å²) in [5.41, 5.74) is 0.434. The number of allylic oxidation sites excluding steroid dienone is 1. The Morgan fingerprint density at radius 2 is 1.50 bits per heavy atom. The number of benzene rings is 2. The Morgan fingerprint density at radius 1 is 1.00 bits per heavy atom. The van der Waals surface area contributed by atoms with Crippen molar-refractivity contribution < 1.29 is 9.90 Å². The van der Waals surface area contributed by atoms with Gasteiger partial charge in [0.05, 0.1) is 0 Å². The number of aliphatic carboxylic acids is 1. The van der Waals surface area contributed by atoms with Crippen molar-refractivity contribution in [2.45, 2.75) is 19.8 Å². The fourth-order valence-corrected chi connectivity index (χ4v) is 4.66. The standard InChI is InChI=1S/C19H21O2P/c1-16(19(20)21)10-8-9-15-22(17-11-4-2-5-12-17)18-13-6-3-7-14-18/h2-7,10-14H,8-9,15H2,1H3,(H,20,21)/b16-10+. The first-order chi connectivity index (χ1) is 10.7. The van der Waals surface area contributed by atoms with Crippen LogP contribution < -0.4 is 10.6 Å². The minimum atomic E-state index is -0.826. The highest BCUT2D eigenvalue weighted by molar-refractivity contribution is 7.73. The molecule has 0 heterocycles. The van der Waals surface area contributed by atoms with Gasteiger partial charge in [-0.1, -0.05) is 66.7 Å². The molecule has 3 heteroatoms. The van der Waals surface area contributed by atoms with Crippen LogP contribution in [0.3, 0.4) is 0 Å². The van der Waals surface area contributed by atoms with E-state index in [-0.39, 0.29) is 7.92 Å². The van der Waals surface area contributed by atoms with Gasteiger partial charge in [-0.15, -0.1) is 0 Å². The lowest BCUT2D eigenvalue weighted by molar-refractivity contribution is -0.132. The van der Waals surface area contributed by atoms with Crippen LogP contribution in [0.25, 0.3) is 0 Å². The molecular weight excluding hydrogens is 291 g/mol. The minimum Gasteiger partial charge on any atom is -0.478 e. The molecule has 0 aliphatic rings. The average Bonchev–Trinajstić information content (AvgIpc) is 2.56. The zero-order valence-electron chi connectivity index (χ0n) is 12.8. The number of carbonyl (C=O) groups is 1. The van der Waals surface area contributed by atoms with Gasteiger partial charge in [0.2, 0.25) is 0 Å². The lowest BCUT2D eigenvalue weighted by Crippen LogP contribution is -2.13. The summed E-state index contributed by atoms with van der Waals surface area (Å²) < 4.78 is 0. The average molecular weight is 312 g/mol. The highest BCUT2D eigenvalue weighted by Gasteiger charge is 2.12. The summed E-state index contributed by atoms with van der Waals surface area (Å²) in [5.74, 6) is -0.826. The first kappa shape index (κ1) is 16.5. The van der Waals surface area contributed by atoms with E-state index in [1.54, 1.807) is 6.92 Å². The number of carboxylic acid groups (broad SMARTS) is 1. The molecule has 2 aromatic rings. The zero-order chi connectivity index (χ0) is 15.8. The van der Waals surface area contributed by atoms with Crippen LogP contribution in [0.15, 0.2) is 72.3 Å². The SMILES string of the molecule is C/C(=C\CCCP(c1ccccc1)c1ccccc1)C(=O)O. The fourth-order valence-electron chi connectivity index (χ4n) is 2.28. The summed E-state index contributed by atoms with van der Waals surface area (Å²) in [6, 6.07) is 21.2. The first-order valence-corrected chi connectivity index (χ1v) is 8.99. The van der Waals surface area contributed by atoms with Gasteiger partial charge in [-0.3, -0.25) is 0 Å². The van der Waals surface area contributed by atoms with Crippen molar-refractivity contribution in [3.8, 4) is 0 Å². The second-order valence-electron chi connectivity index (χ2n) is 5.16. The Labute approximate surface area is 133 Å². The molecule has 0 fully saturated rings. The van der Waals surface area contributed by atoms with Gasteiger partial charge < -0.3 is 5.11 Å². The molecule has 0 amide bonds. The van der Waals surface area contributed by atoms with Crippen molar-refractivity contribution >= 4 is 24.5 Å². The molecule has 22 heavy (non-hydrogen) atoms. The van der Waals surface area contributed by atoms with E-state index in [4.69, 9.17) is 5.11 Å². The molecule has 0 aliphatic carbocycles. The van der Waals surface area contributed by atoms with Crippen LogP contribution in [0.2, 0.25) is 0 Å². The second kappa shape index (κ2) is 8.51. The van der Waals surface area contributed by atoms with Crippen molar-refractivity contribution in [1.29, 1.82) is 0 Å². The van der Waals surface area contributed by atoms with Gasteiger partial charge in [-0.05, 0) is 44.5 Å². The molecule has 0 radical (unpaired) electrons. The topological polar surface area (TPSA) is 37.3 Å². The molecule has 0 aliphatic heterocycles. The zero-order valence-corrected chi connectivity index (χ0v) is 13.7. The van der Waals surface area contributed by atoms with Crippen molar-refractivity contribution in [2.75, 3.05) is 6.16 Å². The predicted molar refractivity (Wildman–Crippen MR) is 94.6 cm³/mol. The van der Waals surface area contributed by atoms with Crippen LogP contribution in [0.4, 0.5) is 0 Å². The summed E-state index contributed by atoms with van der Waals surface area (Å²) >= 11 is 0. The van der Waals surface area contributed by atoms with Crippen LogP contribution in [-0.4, -0.2) is 17.2 Å². The normalized spacial score (nSPS) is 11.6. The predicted octanol–water partition coefficient (Wildman–Crippen LogP) is 3.93. The van der Waals surface area contributed by atoms with Crippen molar-refractivity contribution in [2.24, 2.45) is 0 Å². The molecule has 0 spiro atoms. The number of hydrogen-bond donors (Lipinski definition) is 1. The summed E-state index contributed by atoms with van der Waals surface area (Å²) in [5, 5.41) is 11.6. The molecule has 2 aromatic carbocycles. The van der Waals surface area contributed by atoms with E-state index in [0.29, 0.717) is 5.57 Å². The molecule has 1 N–H and O–H groups in total. The summed E-state index contributed by atoms with van der Waals surface area (Å²) in [6.07, 6.45) is 4.72. The second-order valence-corrected chi connectivity index (χ2v) is 7.49. The molecule has 2 rings (SSSR count). The molecule has 0 aromatic heterocycles. The third-order valence-corrected chi connectivity index (χ3v) is 6.12. The Hall–Kier alpha value is -1.92. The molecule has 2 nitrogen and oxygen atoms in total. The lowest BCUT2D eigenvalue weighted by atomic mass is 10.2. The van der Waals surface area contributed by atoms with E-state index >= 15 is 0 Å². The Balaban J connectivity index is 2.07. The number of rotatable bonds is 7. The van der Waals surface area contributed by atoms with Crippen LogP contribution in [0.5, 0.6) is 0 Å². The van der Waals surface area contributed by atoms with Crippen LogP contribution in [0, 0.1) is 0 Å². The van der Waals surface area contributed by atoms with E-state index in [1.807, 2.05) is 18.2 Å². The Morgan fingerprint density at radius 3 is 1.95 bits per heavy atom. The highest BCUT2D eigenvalue weighted by atomic mass is 31.1. The van der Waals surface area contributed by atoms with E-state index in [0.717, 1.165) is 19.0 Å². The molecule has 0 atom stereocenters. The number of hydrogen-bond acceptors (Lipinski definition) is 1. The third-order valence-electron chi connectivity index (χ3n) is 3.51. The van der Waals surface area contributed by atoms with Gasteiger partial charge in [0.1, 0.15) is 0 Å². The summed E-state index contributed by atoms with van der Waals surface area (Å²) in [6.45, 7) is 1.65. The van der Waals surface area contributed by atoms with Crippen LogP contribution >= 0.6 is 7.92 Å². The molecule has 0 unspecified atom stereocenters. The van der Waals surface area contributed by atoms with Crippen molar-refractivity contribution in [3.05, 3.63) is 72.3 Å². The highest BCUT2D eigenvalue weighted by Crippen LogP contribution is 2.34. The number of carboxylic acids is 1. The maximum absolute atomic E-state index is 10.8. The van der Waals surface area contributed by atoms with Crippen molar-refractivity contribution in [3.63, 3.8) is 0 Å².